The van der Waals surface area contributed by atoms with Crippen LogP contribution in [0.3, 0.4) is 0 Å². The van der Waals surface area contributed by atoms with Gasteiger partial charge in [0, 0.05) is 54.2 Å². The Labute approximate surface area is 177 Å². The van der Waals surface area contributed by atoms with Gasteiger partial charge in [-0.2, -0.15) is 0 Å². The first-order valence-electron chi connectivity index (χ1n) is 10.9. The summed E-state index contributed by atoms with van der Waals surface area (Å²) in [6.45, 7) is 7.41. The number of likely N-dealkylation sites (tertiary alicyclic amines) is 1. The van der Waals surface area contributed by atoms with Crippen molar-refractivity contribution in [1.82, 2.24) is 14.8 Å². The zero-order valence-corrected chi connectivity index (χ0v) is 18.1. The number of aromatic amines is 1. The van der Waals surface area contributed by atoms with E-state index in [0.29, 0.717) is 25.2 Å². The summed E-state index contributed by atoms with van der Waals surface area (Å²) in [4.78, 5) is 21.1. The number of amides is 1. The Morgan fingerprint density at radius 1 is 1.28 bits per heavy atom. The van der Waals surface area contributed by atoms with E-state index in [1.807, 2.05) is 18.2 Å². The first-order valence-corrected chi connectivity index (χ1v) is 11.3. The Hall–Kier alpha value is -1.59. The molecule has 6 heteroatoms. The number of hydrogen-bond donors (Lipinski definition) is 1. The van der Waals surface area contributed by atoms with Crippen molar-refractivity contribution in [3.8, 4) is 0 Å². The van der Waals surface area contributed by atoms with Crippen molar-refractivity contribution in [2.45, 2.75) is 58.2 Å². The van der Waals surface area contributed by atoms with Crippen LogP contribution in [0.15, 0.2) is 18.2 Å². The first kappa shape index (κ1) is 20.7. The third-order valence-electron chi connectivity index (χ3n) is 6.39. The maximum Gasteiger partial charge on any atom is 0.224 e. The maximum absolute atomic E-state index is 13.4. The molecule has 2 aliphatic rings. The zero-order chi connectivity index (χ0) is 20.5. The van der Waals surface area contributed by atoms with Gasteiger partial charge in [0.1, 0.15) is 6.17 Å². The zero-order valence-electron chi connectivity index (χ0n) is 17.4. The summed E-state index contributed by atoms with van der Waals surface area (Å²) in [6.07, 6.45) is 2.81. The number of rotatable bonds is 5. The van der Waals surface area contributed by atoms with Crippen molar-refractivity contribution in [2.75, 3.05) is 26.2 Å². The monoisotopic (exact) mass is 419 g/mol. The Kier molecular flexibility index (Phi) is 6.16. The molecule has 158 valence electrons. The molecule has 1 fully saturated rings. The number of nitrogens with zero attached hydrogens (tertiary/aromatic N) is 2. The molecule has 0 bridgehead atoms. The number of alkyl halides is 1. The highest BCUT2D eigenvalue weighted by Gasteiger charge is 2.33. The van der Waals surface area contributed by atoms with Crippen molar-refractivity contribution in [3.63, 3.8) is 0 Å². The van der Waals surface area contributed by atoms with Crippen LogP contribution in [0.2, 0.25) is 5.02 Å². The van der Waals surface area contributed by atoms with Gasteiger partial charge < -0.3 is 14.8 Å². The molecule has 1 aromatic heterocycles. The molecule has 1 aromatic carbocycles. The average Bonchev–Trinajstić information content (AvgIpc) is 3.05. The van der Waals surface area contributed by atoms with Gasteiger partial charge in [-0.05, 0) is 55.4 Å². The van der Waals surface area contributed by atoms with Crippen LogP contribution in [0.4, 0.5) is 4.39 Å². The van der Waals surface area contributed by atoms with Gasteiger partial charge in [0.05, 0.1) is 6.04 Å². The number of aromatic nitrogens is 1. The third-order valence-corrected chi connectivity index (χ3v) is 6.62. The van der Waals surface area contributed by atoms with E-state index < -0.39 is 6.17 Å². The minimum atomic E-state index is -0.673. The van der Waals surface area contributed by atoms with E-state index in [1.54, 1.807) is 0 Å². The van der Waals surface area contributed by atoms with E-state index in [-0.39, 0.29) is 11.9 Å². The highest BCUT2D eigenvalue weighted by molar-refractivity contribution is 6.31. The van der Waals surface area contributed by atoms with Crippen molar-refractivity contribution in [1.29, 1.82) is 0 Å². The molecule has 0 aliphatic carbocycles. The Balaban J connectivity index is 1.52. The molecule has 1 saturated heterocycles. The van der Waals surface area contributed by atoms with Crippen molar-refractivity contribution in [3.05, 3.63) is 34.5 Å². The van der Waals surface area contributed by atoms with E-state index in [4.69, 9.17) is 11.6 Å². The molecular formula is C23H31ClFN3O. The van der Waals surface area contributed by atoms with Crippen molar-refractivity contribution >= 4 is 28.4 Å². The normalized spacial score (nSPS) is 21.1. The van der Waals surface area contributed by atoms with Crippen LogP contribution >= 0.6 is 11.6 Å². The summed E-state index contributed by atoms with van der Waals surface area (Å²) >= 11 is 6.24. The quantitative estimate of drug-likeness (QED) is 0.730. The summed E-state index contributed by atoms with van der Waals surface area (Å²) in [5.41, 5.74) is 3.58. The number of nitrogens with one attached hydrogen (secondary N) is 1. The van der Waals surface area contributed by atoms with Crippen LogP contribution in [0, 0.1) is 5.92 Å². The lowest BCUT2D eigenvalue weighted by molar-refractivity contribution is -0.135. The molecule has 3 heterocycles. The van der Waals surface area contributed by atoms with Crippen LogP contribution in [-0.2, 0) is 11.2 Å². The van der Waals surface area contributed by atoms with Crippen LogP contribution in [0.1, 0.15) is 56.8 Å². The molecule has 0 saturated carbocycles. The Morgan fingerprint density at radius 2 is 2.03 bits per heavy atom. The SMILES string of the molecule is CC(C)CC1c2[nH]c3ccc(Cl)cc3c2CCN1C(=O)CCN1CCC(F)CC1. The predicted molar refractivity (Wildman–Crippen MR) is 116 cm³/mol. The fourth-order valence-electron chi connectivity index (χ4n) is 4.85. The van der Waals surface area contributed by atoms with Gasteiger partial charge in [-0.3, -0.25) is 4.79 Å². The molecule has 4 rings (SSSR count). The van der Waals surface area contributed by atoms with Gasteiger partial charge in [0.25, 0.3) is 0 Å². The lowest BCUT2D eigenvalue weighted by Gasteiger charge is -2.37. The molecule has 0 radical (unpaired) electrons. The van der Waals surface area contributed by atoms with Gasteiger partial charge in [-0.25, -0.2) is 4.39 Å². The van der Waals surface area contributed by atoms with Crippen LogP contribution in [-0.4, -0.2) is 53.0 Å². The molecule has 0 spiro atoms. The largest absolute Gasteiger partial charge is 0.356 e. The summed E-state index contributed by atoms with van der Waals surface area (Å²) in [5.74, 6) is 0.695. The number of carbonyl (C=O) groups excluding carboxylic acids is 1. The topological polar surface area (TPSA) is 39.3 Å². The van der Waals surface area contributed by atoms with Crippen molar-refractivity contribution < 1.29 is 9.18 Å². The third kappa shape index (κ3) is 4.46. The number of benzene rings is 1. The number of carbonyl (C=O) groups is 1. The molecule has 1 amide bonds. The second-order valence-electron chi connectivity index (χ2n) is 8.96. The standard InChI is InChI=1S/C23H31ClFN3O/c1-15(2)13-21-23-18(19-14-16(24)3-4-20(19)26-23)7-12-28(21)22(29)8-11-27-9-5-17(25)6-10-27/h3-4,14-15,17,21,26H,5-13H2,1-2H3. The van der Waals surface area contributed by atoms with E-state index in [2.05, 4.69) is 28.6 Å². The highest BCUT2D eigenvalue weighted by atomic mass is 35.5. The van der Waals surface area contributed by atoms with E-state index >= 15 is 0 Å². The van der Waals surface area contributed by atoms with Crippen LogP contribution in [0.25, 0.3) is 10.9 Å². The first-order chi connectivity index (χ1) is 13.9. The smallest absolute Gasteiger partial charge is 0.224 e. The number of halogens is 2. The molecule has 2 aliphatic heterocycles. The van der Waals surface area contributed by atoms with E-state index in [1.165, 1.54) is 16.6 Å². The molecule has 1 N–H and O–H groups in total. The van der Waals surface area contributed by atoms with Gasteiger partial charge in [-0.15, -0.1) is 0 Å². The Bertz CT molecular complexity index is 872. The fraction of sp³-hybridized carbons (Fsp3) is 0.609. The highest BCUT2D eigenvalue weighted by Crippen LogP contribution is 2.38. The fourth-order valence-corrected chi connectivity index (χ4v) is 5.02. The van der Waals surface area contributed by atoms with Gasteiger partial charge in [0.15, 0.2) is 0 Å². The number of piperidine rings is 1. The summed E-state index contributed by atoms with van der Waals surface area (Å²) in [5, 5.41) is 1.93. The predicted octanol–water partition coefficient (Wildman–Crippen LogP) is 5.12. The molecule has 4 nitrogen and oxygen atoms in total. The van der Waals surface area contributed by atoms with Crippen molar-refractivity contribution in [2.24, 2.45) is 5.92 Å². The summed E-state index contributed by atoms with van der Waals surface area (Å²) in [7, 11) is 0. The second kappa shape index (κ2) is 8.65. The number of fused-ring (bicyclic) bond motifs is 3. The van der Waals surface area contributed by atoms with Gasteiger partial charge in [-0.1, -0.05) is 25.4 Å². The van der Waals surface area contributed by atoms with E-state index in [0.717, 1.165) is 49.6 Å². The number of hydrogen-bond acceptors (Lipinski definition) is 2. The molecular weight excluding hydrogens is 389 g/mol. The summed E-state index contributed by atoms with van der Waals surface area (Å²) in [6, 6.07) is 6.05. The van der Waals surface area contributed by atoms with E-state index in [9.17, 15) is 9.18 Å². The lowest BCUT2D eigenvalue weighted by atomic mass is 9.91. The number of H-pyrrole nitrogens is 1. The summed E-state index contributed by atoms with van der Waals surface area (Å²) < 4.78 is 13.4. The van der Waals surface area contributed by atoms with Gasteiger partial charge in [0.2, 0.25) is 5.91 Å². The van der Waals surface area contributed by atoms with Crippen LogP contribution < -0.4 is 0 Å². The minimum absolute atomic E-state index is 0.0778. The molecule has 1 unspecified atom stereocenters. The van der Waals surface area contributed by atoms with Crippen LogP contribution in [0.5, 0.6) is 0 Å². The minimum Gasteiger partial charge on any atom is -0.356 e. The second-order valence-corrected chi connectivity index (χ2v) is 9.39. The average molecular weight is 420 g/mol. The molecule has 29 heavy (non-hydrogen) atoms. The Morgan fingerprint density at radius 3 is 2.76 bits per heavy atom. The maximum atomic E-state index is 13.4. The van der Waals surface area contributed by atoms with Gasteiger partial charge >= 0.3 is 0 Å². The lowest BCUT2D eigenvalue weighted by Crippen LogP contribution is -2.43. The molecule has 1 atom stereocenters. The molecule has 2 aromatic rings.